The lowest BCUT2D eigenvalue weighted by Gasteiger charge is -2.34. The fourth-order valence-electron chi connectivity index (χ4n) is 3.58. The summed E-state index contributed by atoms with van der Waals surface area (Å²) in [7, 11) is 1.54. The molecule has 3 rings (SSSR count). The SMILES string of the molecule is CCOc1c(Cl)cc(/C=C/C(=O)NCC(c2ccc(F)cc2)N2CCOCC2)cc1OC. The Morgan fingerprint density at radius 2 is 2.00 bits per heavy atom. The molecule has 8 heteroatoms. The largest absolute Gasteiger partial charge is 0.493 e. The Kier molecular flexibility index (Phi) is 8.90. The summed E-state index contributed by atoms with van der Waals surface area (Å²) in [5.74, 6) is 0.453. The Labute approximate surface area is 192 Å². The molecule has 1 unspecified atom stereocenters. The topological polar surface area (TPSA) is 60.0 Å². The van der Waals surface area contributed by atoms with Gasteiger partial charge in [-0.3, -0.25) is 9.69 Å². The fourth-order valence-corrected chi connectivity index (χ4v) is 3.85. The first-order valence-corrected chi connectivity index (χ1v) is 10.9. The van der Waals surface area contributed by atoms with Crippen LogP contribution in [0.5, 0.6) is 11.5 Å². The fraction of sp³-hybridized carbons (Fsp3) is 0.375. The number of benzene rings is 2. The van der Waals surface area contributed by atoms with E-state index in [9.17, 15) is 9.18 Å². The molecule has 1 fully saturated rings. The van der Waals surface area contributed by atoms with E-state index in [0.717, 1.165) is 18.7 Å². The molecule has 2 aromatic carbocycles. The quantitative estimate of drug-likeness (QED) is 0.569. The highest BCUT2D eigenvalue weighted by molar-refractivity contribution is 6.32. The second-order valence-electron chi connectivity index (χ2n) is 7.26. The number of nitrogens with one attached hydrogen (secondary N) is 1. The molecule has 2 aromatic rings. The van der Waals surface area contributed by atoms with E-state index >= 15 is 0 Å². The molecule has 0 aliphatic carbocycles. The minimum absolute atomic E-state index is 0.0723. The zero-order valence-electron chi connectivity index (χ0n) is 18.3. The van der Waals surface area contributed by atoms with Crippen LogP contribution in [0.4, 0.5) is 4.39 Å². The van der Waals surface area contributed by atoms with E-state index < -0.39 is 0 Å². The van der Waals surface area contributed by atoms with Crippen LogP contribution in [0.3, 0.4) is 0 Å². The van der Waals surface area contributed by atoms with Crippen molar-refractivity contribution < 1.29 is 23.4 Å². The van der Waals surface area contributed by atoms with Crippen molar-refractivity contribution in [2.24, 2.45) is 0 Å². The first-order chi connectivity index (χ1) is 15.5. The molecular weight excluding hydrogens is 435 g/mol. The van der Waals surface area contributed by atoms with Gasteiger partial charge in [-0.15, -0.1) is 0 Å². The van der Waals surface area contributed by atoms with Gasteiger partial charge in [0.1, 0.15) is 5.82 Å². The van der Waals surface area contributed by atoms with Crippen molar-refractivity contribution in [1.82, 2.24) is 10.2 Å². The molecule has 1 saturated heterocycles. The van der Waals surface area contributed by atoms with Gasteiger partial charge in [-0.05, 0) is 48.4 Å². The third kappa shape index (κ3) is 6.45. The number of hydrogen-bond donors (Lipinski definition) is 1. The van der Waals surface area contributed by atoms with Crippen molar-refractivity contribution >= 4 is 23.6 Å². The van der Waals surface area contributed by atoms with Crippen LogP contribution >= 0.6 is 11.6 Å². The van der Waals surface area contributed by atoms with E-state index in [4.69, 9.17) is 25.8 Å². The Morgan fingerprint density at radius 1 is 1.28 bits per heavy atom. The molecule has 0 aromatic heterocycles. The highest BCUT2D eigenvalue weighted by Crippen LogP contribution is 2.36. The van der Waals surface area contributed by atoms with E-state index in [1.165, 1.54) is 25.3 Å². The van der Waals surface area contributed by atoms with E-state index in [0.29, 0.717) is 48.5 Å². The minimum Gasteiger partial charge on any atom is -0.493 e. The Morgan fingerprint density at radius 3 is 2.66 bits per heavy atom. The van der Waals surface area contributed by atoms with Crippen molar-refractivity contribution in [3.8, 4) is 11.5 Å². The number of morpholine rings is 1. The number of methoxy groups -OCH3 is 1. The molecule has 1 aliphatic rings. The maximum atomic E-state index is 13.4. The van der Waals surface area contributed by atoms with Crippen LogP contribution in [0.25, 0.3) is 6.08 Å². The van der Waals surface area contributed by atoms with E-state index in [2.05, 4.69) is 10.2 Å². The molecule has 0 bridgehead atoms. The molecule has 1 heterocycles. The number of carbonyl (C=O) groups excluding carboxylic acids is 1. The Bertz CT molecular complexity index is 930. The summed E-state index contributed by atoms with van der Waals surface area (Å²) in [4.78, 5) is 14.7. The second kappa shape index (κ2) is 11.9. The number of hydrogen-bond acceptors (Lipinski definition) is 5. The molecule has 172 valence electrons. The van der Waals surface area contributed by atoms with Crippen LogP contribution in [-0.2, 0) is 9.53 Å². The van der Waals surface area contributed by atoms with Crippen LogP contribution in [0.2, 0.25) is 5.02 Å². The standard InChI is InChI=1S/C24H28ClFN2O4/c1-3-32-24-20(25)14-17(15-22(24)30-2)4-9-23(29)27-16-21(28-10-12-31-13-11-28)18-5-7-19(26)8-6-18/h4-9,14-15,21H,3,10-13,16H2,1-2H3,(H,27,29)/b9-4+. The average molecular weight is 463 g/mol. The van der Waals surface area contributed by atoms with E-state index in [-0.39, 0.29) is 17.8 Å². The lowest BCUT2D eigenvalue weighted by Crippen LogP contribution is -2.43. The monoisotopic (exact) mass is 462 g/mol. The van der Waals surface area contributed by atoms with Crippen LogP contribution in [0, 0.1) is 5.82 Å². The maximum Gasteiger partial charge on any atom is 0.244 e. The second-order valence-corrected chi connectivity index (χ2v) is 7.67. The van der Waals surface area contributed by atoms with Crippen LogP contribution in [0.15, 0.2) is 42.5 Å². The van der Waals surface area contributed by atoms with Crippen molar-refractivity contribution in [1.29, 1.82) is 0 Å². The third-order valence-corrected chi connectivity index (χ3v) is 5.46. The normalized spacial score (nSPS) is 15.5. The van der Waals surface area contributed by atoms with Gasteiger partial charge < -0.3 is 19.5 Å². The van der Waals surface area contributed by atoms with Gasteiger partial charge in [-0.2, -0.15) is 0 Å². The van der Waals surface area contributed by atoms with Crippen molar-refractivity contribution in [2.75, 3.05) is 46.6 Å². The maximum absolute atomic E-state index is 13.4. The van der Waals surface area contributed by atoms with Crippen LogP contribution in [-0.4, -0.2) is 57.4 Å². The molecule has 1 amide bonds. The van der Waals surface area contributed by atoms with E-state index in [1.54, 1.807) is 30.3 Å². The lowest BCUT2D eigenvalue weighted by molar-refractivity contribution is -0.116. The number of carbonyl (C=O) groups is 1. The van der Waals surface area contributed by atoms with Gasteiger partial charge in [0.2, 0.25) is 5.91 Å². The summed E-state index contributed by atoms with van der Waals surface area (Å²) >= 11 is 6.29. The Hall–Kier alpha value is -2.61. The average Bonchev–Trinajstić information content (AvgIpc) is 2.81. The summed E-state index contributed by atoms with van der Waals surface area (Å²) in [6.07, 6.45) is 3.12. The van der Waals surface area contributed by atoms with Crippen LogP contribution in [0.1, 0.15) is 24.1 Å². The number of rotatable bonds is 9. The molecule has 1 N–H and O–H groups in total. The van der Waals surface area contributed by atoms with Crippen molar-refractivity contribution in [2.45, 2.75) is 13.0 Å². The lowest BCUT2D eigenvalue weighted by atomic mass is 10.0. The number of halogens is 2. The Balaban J connectivity index is 1.67. The van der Waals surface area contributed by atoms with Crippen molar-refractivity contribution in [3.05, 3.63) is 64.4 Å². The first kappa shape index (κ1) is 24.0. The van der Waals surface area contributed by atoms with E-state index in [1.807, 2.05) is 6.92 Å². The van der Waals surface area contributed by atoms with Gasteiger partial charge in [0.25, 0.3) is 0 Å². The van der Waals surface area contributed by atoms with Gasteiger partial charge in [-0.25, -0.2) is 4.39 Å². The molecule has 6 nitrogen and oxygen atoms in total. The van der Waals surface area contributed by atoms with Gasteiger partial charge in [0.05, 0.1) is 38.0 Å². The minimum atomic E-state index is -0.286. The zero-order chi connectivity index (χ0) is 22.9. The molecule has 0 saturated carbocycles. The van der Waals surface area contributed by atoms with Crippen molar-refractivity contribution in [3.63, 3.8) is 0 Å². The zero-order valence-corrected chi connectivity index (χ0v) is 19.0. The molecule has 1 aliphatic heterocycles. The number of ether oxygens (including phenoxy) is 3. The van der Waals surface area contributed by atoms with Crippen LogP contribution < -0.4 is 14.8 Å². The van der Waals surface area contributed by atoms with Gasteiger partial charge in [0.15, 0.2) is 11.5 Å². The van der Waals surface area contributed by atoms with Gasteiger partial charge in [-0.1, -0.05) is 23.7 Å². The smallest absolute Gasteiger partial charge is 0.244 e. The highest BCUT2D eigenvalue weighted by atomic mass is 35.5. The summed E-state index contributed by atoms with van der Waals surface area (Å²) in [5.41, 5.74) is 1.66. The molecular formula is C24H28ClFN2O4. The molecule has 0 radical (unpaired) electrons. The molecule has 1 atom stereocenters. The predicted molar refractivity (Wildman–Crippen MR) is 123 cm³/mol. The first-order valence-electron chi connectivity index (χ1n) is 10.5. The van der Waals surface area contributed by atoms with Gasteiger partial charge >= 0.3 is 0 Å². The number of nitrogens with zero attached hydrogens (tertiary/aromatic N) is 1. The summed E-state index contributed by atoms with van der Waals surface area (Å²) in [6.45, 7) is 5.48. The molecule has 32 heavy (non-hydrogen) atoms. The predicted octanol–water partition coefficient (Wildman–Crippen LogP) is 4.09. The molecule has 0 spiro atoms. The summed E-state index contributed by atoms with van der Waals surface area (Å²) in [6, 6.07) is 9.79. The van der Waals surface area contributed by atoms with Gasteiger partial charge in [0, 0.05) is 25.7 Å². The summed E-state index contributed by atoms with van der Waals surface area (Å²) < 4.78 is 29.7. The summed E-state index contributed by atoms with van der Waals surface area (Å²) in [5, 5.41) is 3.36. The third-order valence-electron chi connectivity index (χ3n) is 5.18. The highest BCUT2D eigenvalue weighted by Gasteiger charge is 2.23. The number of amides is 1.